The van der Waals surface area contributed by atoms with Gasteiger partial charge in [-0.25, -0.2) is 9.59 Å². The van der Waals surface area contributed by atoms with Crippen molar-refractivity contribution >= 4 is 17.7 Å². The van der Waals surface area contributed by atoms with E-state index in [1.165, 1.54) is 11.0 Å². The first kappa shape index (κ1) is 14.2. The van der Waals surface area contributed by atoms with Crippen LogP contribution in [0.4, 0.5) is 10.5 Å². The van der Waals surface area contributed by atoms with E-state index < -0.39 is 5.97 Å². The standard InChI is InChI=1S/C14H18N2O4/c1-14(2,3)15-13(19)16-7-8-20-11-9(12(17)18)5-4-6-10(11)16/h4-6H,7-8H2,1-3H3,(H,15,19)(H,17,18). The van der Waals surface area contributed by atoms with Crippen LogP contribution >= 0.6 is 0 Å². The van der Waals surface area contributed by atoms with Gasteiger partial charge in [0.2, 0.25) is 0 Å². The number of hydrogen-bond donors (Lipinski definition) is 2. The summed E-state index contributed by atoms with van der Waals surface area (Å²) in [6, 6.07) is 4.49. The summed E-state index contributed by atoms with van der Waals surface area (Å²) >= 11 is 0. The third-order valence-corrected chi connectivity index (χ3v) is 2.80. The van der Waals surface area contributed by atoms with E-state index in [0.717, 1.165) is 0 Å². The van der Waals surface area contributed by atoms with Crippen molar-refractivity contribution in [2.24, 2.45) is 0 Å². The molecule has 1 heterocycles. The number of urea groups is 1. The molecule has 6 heteroatoms. The number of carbonyl (C=O) groups excluding carboxylic acids is 1. The van der Waals surface area contributed by atoms with Gasteiger partial charge in [-0.1, -0.05) is 6.07 Å². The number of benzene rings is 1. The predicted octanol–water partition coefficient (Wildman–Crippen LogP) is 2.09. The summed E-state index contributed by atoms with van der Waals surface area (Å²) in [5.74, 6) is -0.824. The second-order valence-corrected chi connectivity index (χ2v) is 5.64. The summed E-state index contributed by atoms with van der Waals surface area (Å²) in [7, 11) is 0. The van der Waals surface area contributed by atoms with Crippen LogP contribution < -0.4 is 15.0 Å². The number of nitrogens with one attached hydrogen (secondary N) is 1. The lowest BCUT2D eigenvalue weighted by Crippen LogP contribution is -2.51. The molecule has 0 saturated carbocycles. The van der Waals surface area contributed by atoms with Crippen LogP contribution in [0.3, 0.4) is 0 Å². The van der Waals surface area contributed by atoms with E-state index in [9.17, 15) is 9.59 Å². The molecule has 0 unspecified atom stereocenters. The molecule has 108 valence electrons. The second kappa shape index (κ2) is 5.03. The molecular formula is C14H18N2O4. The van der Waals surface area contributed by atoms with E-state index in [4.69, 9.17) is 9.84 Å². The Morgan fingerprint density at radius 3 is 2.65 bits per heavy atom. The Hall–Kier alpha value is -2.24. The number of hydrogen-bond acceptors (Lipinski definition) is 3. The van der Waals surface area contributed by atoms with Gasteiger partial charge >= 0.3 is 12.0 Å². The first-order chi connectivity index (χ1) is 9.29. The first-order valence-electron chi connectivity index (χ1n) is 6.38. The van der Waals surface area contributed by atoms with Crippen LogP contribution in [-0.2, 0) is 0 Å². The SMILES string of the molecule is CC(C)(C)NC(=O)N1CCOc2c(C(=O)O)cccc21. The monoisotopic (exact) mass is 278 g/mol. The Labute approximate surface area is 117 Å². The molecule has 0 spiro atoms. The van der Waals surface area contributed by atoms with E-state index >= 15 is 0 Å². The molecule has 0 bridgehead atoms. The van der Waals surface area contributed by atoms with Crippen LogP contribution in [0.5, 0.6) is 5.75 Å². The van der Waals surface area contributed by atoms with Gasteiger partial charge in [0.05, 0.1) is 12.2 Å². The molecule has 2 N–H and O–H groups in total. The Morgan fingerprint density at radius 2 is 2.05 bits per heavy atom. The maximum absolute atomic E-state index is 12.3. The second-order valence-electron chi connectivity index (χ2n) is 5.64. The minimum atomic E-state index is -1.07. The summed E-state index contributed by atoms with van der Waals surface area (Å²) in [5, 5.41) is 12.0. The zero-order valence-electron chi connectivity index (χ0n) is 11.8. The van der Waals surface area contributed by atoms with E-state index in [2.05, 4.69) is 5.32 Å². The summed E-state index contributed by atoms with van der Waals surface area (Å²) in [6.45, 7) is 6.33. The Morgan fingerprint density at radius 1 is 1.35 bits per heavy atom. The van der Waals surface area contributed by atoms with Crippen LogP contribution in [0.2, 0.25) is 0 Å². The van der Waals surface area contributed by atoms with Gasteiger partial charge in [-0.3, -0.25) is 4.90 Å². The first-order valence-corrected chi connectivity index (χ1v) is 6.38. The Balaban J connectivity index is 2.36. The highest BCUT2D eigenvalue weighted by Crippen LogP contribution is 2.35. The molecule has 6 nitrogen and oxygen atoms in total. The number of rotatable bonds is 1. The lowest BCUT2D eigenvalue weighted by atomic mass is 10.1. The highest BCUT2D eigenvalue weighted by molar-refractivity contribution is 5.99. The quantitative estimate of drug-likeness (QED) is 0.824. The van der Waals surface area contributed by atoms with Crippen molar-refractivity contribution < 1.29 is 19.4 Å². The van der Waals surface area contributed by atoms with Gasteiger partial charge in [-0.05, 0) is 32.9 Å². The third-order valence-electron chi connectivity index (χ3n) is 2.80. The van der Waals surface area contributed by atoms with Crippen molar-refractivity contribution in [3.63, 3.8) is 0 Å². The fourth-order valence-electron chi connectivity index (χ4n) is 2.02. The van der Waals surface area contributed by atoms with E-state index in [1.807, 2.05) is 20.8 Å². The maximum atomic E-state index is 12.3. The minimum absolute atomic E-state index is 0.0655. The fraction of sp³-hybridized carbons (Fsp3) is 0.429. The van der Waals surface area contributed by atoms with Crippen LogP contribution in [0, 0.1) is 0 Å². The average Bonchev–Trinajstić information content (AvgIpc) is 2.35. The smallest absolute Gasteiger partial charge is 0.339 e. The van der Waals surface area contributed by atoms with Gasteiger partial charge < -0.3 is 15.2 Å². The number of carbonyl (C=O) groups is 2. The minimum Gasteiger partial charge on any atom is -0.489 e. The highest BCUT2D eigenvalue weighted by Gasteiger charge is 2.29. The van der Waals surface area contributed by atoms with Crippen LogP contribution in [-0.4, -0.2) is 35.8 Å². The van der Waals surface area contributed by atoms with Gasteiger partial charge in [0.15, 0.2) is 5.75 Å². The van der Waals surface area contributed by atoms with Crippen molar-refractivity contribution in [2.75, 3.05) is 18.1 Å². The molecule has 2 amide bonds. The lowest BCUT2D eigenvalue weighted by Gasteiger charge is -2.33. The van der Waals surface area contributed by atoms with E-state index in [0.29, 0.717) is 12.2 Å². The van der Waals surface area contributed by atoms with Crippen LogP contribution in [0.25, 0.3) is 0 Å². The number of carboxylic acids is 1. The zero-order valence-corrected chi connectivity index (χ0v) is 11.8. The summed E-state index contributed by atoms with van der Waals surface area (Å²) < 4.78 is 5.42. The number of fused-ring (bicyclic) bond motifs is 1. The molecule has 1 aliphatic heterocycles. The summed E-state index contributed by atoms with van der Waals surface area (Å²) in [6.07, 6.45) is 0. The Kier molecular flexibility index (Phi) is 3.57. The number of amides is 2. The number of carboxylic acid groups (broad SMARTS) is 1. The molecule has 0 radical (unpaired) electrons. The van der Waals surface area contributed by atoms with Gasteiger partial charge in [0.1, 0.15) is 12.2 Å². The largest absolute Gasteiger partial charge is 0.489 e. The molecule has 1 aliphatic rings. The number of para-hydroxylation sites is 1. The van der Waals surface area contributed by atoms with E-state index in [1.54, 1.807) is 12.1 Å². The number of ether oxygens (including phenoxy) is 1. The van der Waals surface area contributed by atoms with Gasteiger partial charge in [0.25, 0.3) is 0 Å². The van der Waals surface area contributed by atoms with Crippen molar-refractivity contribution in [2.45, 2.75) is 26.3 Å². The van der Waals surface area contributed by atoms with Crippen LogP contribution in [0.15, 0.2) is 18.2 Å². The molecule has 0 aliphatic carbocycles. The van der Waals surface area contributed by atoms with Gasteiger partial charge in [-0.2, -0.15) is 0 Å². The normalized spacial score (nSPS) is 14.2. The molecule has 1 aromatic rings. The zero-order chi connectivity index (χ0) is 14.9. The van der Waals surface area contributed by atoms with Crippen molar-refractivity contribution in [1.82, 2.24) is 5.32 Å². The van der Waals surface area contributed by atoms with Crippen molar-refractivity contribution in [1.29, 1.82) is 0 Å². The van der Waals surface area contributed by atoms with Crippen LogP contribution in [0.1, 0.15) is 31.1 Å². The maximum Gasteiger partial charge on any atom is 0.339 e. The lowest BCUT2D eigenvalue weighted by molar-refractivity contribution is 0.0691. The van der Waals surface area contributed by atoms with Gasteiger partial charge in [-0.15, -0.1) is 0 Å². The molecule has 0 saturated heterocycles. The summed E-state index contributed by atoms with van der Waals surface area (Å²) in [5.41, 5.74) is 0.189. The highest BCUT2D eigenvalue weighted by atomic mass is 16.5. The molecule has 20 heavy (non-hydrogen) atoms. The van der Waals surface area contributed by atoms with Gasteiger partial charge in [0, 0.05) is 5.54 Å². The van der Waals surface area contributed by atoms with Crippen molar-refractivity contribution in [3.8, 4) is 5.75 Å². The average molecular weight is 278 g/mol. The summed E-state index contributed by atoms with van der Waals surface area (Å²) in [4.78, 5) is 25.0. The molecule has 2 rings (SSSR count). The predicted molar refractivity (Wildman–Crippen MR) is 74.5 cm³/mol. The molecule has 1 aromatic carbocycles. The molecule has 0 atom stereocenters. The number of anilines is 1. The molecular weight excluding hydrogens is 260 g/mol. The number of aromatic carboxylic acids is 1. The molecule has 0 aromatic heterocycles. The topological polar surface area (TPSA) is 78.9 Å². The Bertz CT molecular complexity index is 549. The third kappa shape index (κ3) is 2.84. The fourth-order valence-corrected chi connectivity index (χ4v) is 2.02. The van der Waals surface area contributed by atoms with E-state index in [-0.39, 0.29) is 29.5 Å². The van der Waals surface area contributed by atoms with Crippen molar-refractivity contribution in [3.05, 3.63) is 23.8 Å². The molecule has 0 fully saturated rings. The number of nitrogens with zero attached hydrogens (tertiary/aromatic N) is 1.